The summed E-state index contributed by atoms with van der Waals surface area (Å²) in [5.74, 6) is 0.907. The van der Waals surface area contributed by atoms with Gasteiger partial charge in [0.25, 0.3) is 0 Å². The van der Waals surface area contributed by atoms with E-state index >= 15 is 0 Å². The normalized spacial score (nSPS) is 14.1. The molecule has 1 aromatic heterocycles. The van der Waals surface area contributed by atoms with E-state index in [0.717, 1.165) is 16.9 Å². The lowest BCUT2D eigenvalue weighted by atomic mass is 9.99. The molecule has 7 nitrogen and oxygen atoms in total. The number of nitrogens with one attached hydrogen (secondary N) is 1. The van der Waals surface area contributed by atoms with Crippen molar-refractivity contribution in [2.75, 3.05) is 24.5 Å². The van der Waals surface area contributed by atoms with Gasteiger partial charge in [-0.2, -0.15) is 5.26 Å². The first kappa shape index (κ1) is 30.3. The van der Waals surface area contributed by atoms with Gasteiger partial charge in [-0.15, -0.1) is 24.8 Å². The van der Waals surface area contributed by atoms with Crippen LogP contribution in [-0.2, 0) is 11.2 Å². The summed E-state index contributed by atoms with van der Waals surface area (Å²) in [4.78, 5) is 24.5. The van der Waals surface area contributed by atoms with Crippen LogP contribution in [0.3, 0.4) is 0 Å². The Hall–Kier alpha value is -3.25. The summed E-state index contributed by atoms with van der Waals surface area (Å²) in [5, 5.41) is 10.7. The molecule has 39 heavy (non-hydrogen) atoms. The third-order valence-electron chi connectivity index (χ3n) is 6.34. The van der Waals surface area contributed by atoms with Crippen LogP contribution in [0.2, 0.25) is 10.0 Å². The standard InChI is InChI=1S/C28H23Cl2N5O2.2ClH/c29-21-4-3-5-22(14-21)35-11-10-34(17-28(35)36)25(24-16-32-18-33-24)12-19-8-9-20(15-31)27(13-19)37-26-7-2-1-6-23(26)30;;/h1-9,13-14,16,18,25H,10-12,17H2,(H,32,33);2*1H. The molecule has 11 heteroatoms. The first-order valence-corrected chi connectivity index (χ1v) is 12.5. The van der Waals surface area contributed by atoms with E-state index in [2.05, 4.69) is 20.9 Å². The van der Waals surface area contributed by atoms with Gasteiger partial charge in [-0.3, -0.25) is 9.69 Å². The summed E-state index contributed by atoms with van der Waals surface area (Å²) in [6.45, 7) is 1.45. The van der Waals surface area contributed by atoms with Crippen molar-refractivity contribution in [3.8, 4) is 17.6 Å². The molecule has 1 unspecified atom stereocenters. The van der Waals surface area contributed by atoms with Crippen LogP contribution in [0.1, 0.15) is 22.9 Å². The molecule has 2 heterocycles. The van der Waals surface area contributed by atoms with E-state index in [0.29, 0.717) is 46.6 Å². The van der Waals surface area contributed by atoms with E-state index in [1.54, 1.807) is 47.8 Å². The van der Waals surface area contributed by atoms with Gasteiger partial charge in [0.1, 0.15) is 17.6 Å². The number of halogens is 4. The molecule has 0 saturated carbocycles. The molecular formula is C28H25Cl4N5O2. The summed E-state index contributed by atoms with van der Waals surface area (Å²) in [7, 11) is 0. The number of H-pyrrole nitrogens is 1. The first-order valence-electron chi connectivity index (χ1n) is 11.8. The average molecular weight is 605 g/mol. The minimum atomic E-state index is -0.130. The van der Waals surface area contributed by atoms with Crippen LogP contribution in [-0.4, -0.2) is 40.4 Å². The predicted molar refractivity (Wildman–Crippen MR) is 158 cm³/mol. The Morgan fingerprint density at radius 1 is 1.03 bits per heavy atom. The van der Waals surface area contributed by atoms with Crippen molar-refractivity contribution in [2.45, 2.75) is 12.5 Å². The lowest BCUT2D eigenvalue weighted by Crippen LogP contribution is -2.51. The molecule has 1 fully saturated rings. The number of hydrogen-bond donors (Lipinski definition) is 1. The fourth-order valence-electron chi connectivity index (χ4n) is 4.50. The van der Waals surface area contributed by atoms with Crippen LogP contribution in [0.25, 0.3) is 0 Å². The van der Waals surface area contributed by atoms with Crippen LogP contribution >= 0.6 is 48.0 Å². The van der Waals surface area contributed by atoms with Crippen molar-refractivity contribution >= 4 is 59.6 Å². The number of imidazole rings is 1. The maximum Gasteiger partial charge on any atom is 0.241 e. The zero-order valence-corrected chi connectivity index (χ0v) is 23.7. The largest absolute Gasteiger partial charge is 0.454 e. The SMILES string of the molecule is Cl.Cl.N#Cc1ccc(CC(c2cnc[nH]2)N2CCN(c3cccc(Cl)c3)C(=O)C2)cc1Oc1ccccc1Cl. The Morgan fingerprint density at radius 3 is 2.54 bits per heavy atom. The highest BCUT2D eigenvalue weighted by atomic mass is 35.5. The number of aromatic nitrogens is 2. The first-order chi connectivity index (χ1) is 18.0. The van der Waals surface area contributed by atoms with Crippen molar-refractivity contribution < 1.29 is 9.53 Å². The predicted octanol–water partition coefficient (Wildman–Crippen LogP) is 6.86. The van der Waals surface area contributed by atoms with E-state index < -0.39 is 0 Å². The number of benzene rings is 3. The lowest BCUT2D eigenvalue weighted by molar-refractivity contribution is -0.122. The molecule has 1 atom stereocenters. The summed E-state index contributed by atoms with van der Waals surface area (Å²) in [6, 6.07) is 22.0. The van der Waals surface area contributed by atoms with Crippen molar-refractivity contribution in [1.82, 2.24) is 14.9 Å². The van der Waals surface area contributed by atoms with E-state index in [1.807, 2.05) is 36.4 Å². The molecule has 1 amide bonds. The van der Waals surface area contributed by atoms with E-state index in [1.165, 1.54) is 0 Å². The second-order valence-electron chi connectivity index (χ2n) is 8.70. The number of aromatic amines is 1. The summed E-state index contributed by atoms with van der Waals surface area (Å²) < 4.78 is 6.02. The maximum atomic E-state index is 13.2. The Bertz CT molecular complexity index is 1460. The number of para-hydroxylation sites is 1. The number of carbonyl (C=O) groups excluding carboxylic acids is 1. The molecule has 1 saturated heterocycles. The molecule has 0 spiro atoms. The molecule has 0 aliphatic carbocycles. The number of piperazine rings is 1. The van der Waals surface area contributed by atoms with Gasteiger partial charge in [-0.25, -0.2) is 4.98 Å². The lowest BCUT2D eigenvalue weighted by Gasteiger charge is -2.38. The number of nitriles is 1. The summed E-state index contributed by atoms with van der Waals surface area (Å²) >= 11 is 12.4. The number of amides is 1. The minimum Gasteiger partial charge on any atom is -0.454 e. The summed E-state index contributed by atoms with van der Waals surface area (Å²) in [6.07, 6.45) is 4.00. The number of carbonyl (C=O) groups is 1. The number of hydrogen-bond acceptors (Lipinski definition) is 5. The third-order valence-corrected chi connectivity index (χ3v) is 6.89. The van der Waals surface area contributed by atoms with E-state index in [4.69, 9.17) is 27.9 Å². The van der Waals surface area contributed by atoms with E-state index in [9.17, 15) is 10.1 Å². The van der Waals surface area contributed by atoms with E-state index in [-0.39, 0.29) is 43.3 Å². The maximum absolute atomic E-state index is 13.2. The second-order valence-corrected chi connectivity index (χ2v) is 9.54. The molecule has 3 aromatic carbocycles. The average Bonchev–Trinajstić information content (AvgIpc) is 3.43. The Morgan fingerprint density at radius 2 is 1.85 bits per heavy atom. The topological polar surface area (TPSA) is 85.3 Å². The highest BCUT2D eigenvalue weighted by Gasteiger charge is 2.31. The van der Waals surface area contributed by atoms with Crippen molar-refractivity contribution in [1.29, 1.82) is 5.26 Å². The van der Waals surface area contributed by atoms with Crippen LogP contribution in [0.15, 0.2) is 79.3 Å². The molecule has 5 rings (SSSR count). The minimum absolute atomic E-state index is 0. The molecule has 0 bridgehead atoms. The zero-order chi connectivity index (χ0) is 25.8. The quantitative estimate of drug-likeness (QED) is 0.249. The number of rotatable bonds is 7. The van der Waals surface area contributed by atoms with Gasteiger partial charge in [0.05, 0.1) is 35.2 Å². The van der Waals surface area contributed by atoms with Crippen molar-refractivity contribution in [3.63, 3.8) is 0 Å². The van der Waals surface area contributed by atoms with Gasteiger partial charge >= 0.3 is 0 Å². The van der Waals surface area contributed by atoms with Gasteiger partial charge in [-0.1, -0.05) is 47.5 Å². The van der Waals surface area contributed by atoms with Gasteiger partial charge < -0.3 is 14.6 Å². The fourth-order valence-corrected chi connectivity index (χ4v) is 4.86. The second kappa shape index (κ2) is 13.7. The Kier molecular flexibility index (Phi) is 10.6. The molecule has 0 radical (unpaired) electrons. The van der Waals surface area contributed by atoms with Gasteiger partial charge in [0, 0.05) is 30.0 Å². The monoisotopic (exact) mass is 603 g/mol. The number of nitrogens with zero attached hydrogens (tertiary/aromatic N) is 4. The molecule has 1 aliphatic heterocycles. The van der Waals surface area contributed by atoms with Crippen LogP contribution in [0.4, 0.5) is 5.69 Å². The molecule has 4 aromatic rings. The van der Waals surface area contributed by atoms with Crippen LogP contribution in [0, 0.1) is 11.3 Å². The van der Waals surface area contributed by atoms with Crippen molar-refractivity contribution in [2.24, 2.45) is 0 Å². The Balaban J connectivity index is 0.00000210. The van der Waals surface area contributed by atoms with Gasteiger partial charge in [0.2, 0.25) is 5.91 Å². The molecular weight excluding hydrogens is 580 g/mol. The van der Waals surface area contributed by atoms with Gasteiger partial charge in [-0.05, 0) is 54.4 Å². The smallest absolute Gasteiger partial charge is 0.241 e. The molecule has 1 aliphatic rings. The third kappa shape index (κ3) is 7.04. The van der Waals surface area contributed by atoms with Crippen LogP contribution < -0.4 is 9.64 Å². The summed E-state index contributed by atoms with van der Waals surface area (Å²) in [5.41, 5.74) is 3.06. The van der Waals surface area contributed by atoms with Gasteiger partial charge in [0.15, 0.2) is 0 Å². The van der Waals surface area contributed by atoms with Crippen LogP contribution in [0.5, 0.6) is 11.5 Å². The molecule has 1 N–H and O–H groups in total. The highest BCUT2D eigenvalue weighted by molar-refractivity contribution is 6.32. The number of anilines is 1. The zero-order valence-electron chi connectivity index (χ0n) is 20.6. The van der Waals surface area contributed by atoms with Crippen molar-refractivity contribution in [3.05, 3.63) is 106 Å². The fraction of sp³-hybridized carbons (Fsp3) is 0.179. The Labute approximate surface area is 249 Å². The molecule has 202 valence electrons. The highest BCUT2D eigenvalue weighted by Crippen LogP contribution is 2.33. The number of ether oxygens (including phenoxy) is 1.